The lowest BCUT2D eigenvalue weighted by Gasteiger charge is -2.17. The molecule has 2 aromatic rings. The van der Waals surface area contributed by atoms with Gasteiger partial charge in [0.15, 0.2) is 0 Å². The van der Waals surface area contributed by atoms with E-state index in [9.17, 15) is 14.7 Å². The fraction of sp³-hybridized carbons (Fsp3) is 0.368. The summed E-state index contributed by atoms with van der Waals surface area (Å²) in [6.45, 7) is 0.564. The zero-order chi connectivity index (χ0) is 19.8. The number of nitrogens with two attached hydrogens (primary N) is 1. The Labute approximate surface area is 168 Å². The zero-order valence-electron chi connectivity index (χ0n) is 15.1. The van der Waals surface area contributed by atoms with Crippen LogP contribution in [0.1, 0.15) is 16.8 Å². The number of anilines is 1. The standard InChI is InChI=1S/C19H25N3O3S2/c1-27-9-8-17(19(24)25)22-18(23)15-6-2-5-14-13(15)4-3-7-16(14)21-10-12(20)11-26/h2-7,12,17,21,26H,8-11,20H2,1H3,(H,22,23)(H,24,25)/t12-,17+/m1/s1. The molecule has 27 heavy (non-hydrogen) atoms. The lowest BCUT2D eigenvalue weighted by Crippen LogP contribution is -2.41. The maximum Gasteiger partial charge on any atom is 0.326 e. The Morgan fingerprint density at radius 2 is 1.93 bits per heavy atom. The van der Waals surface area contributed by atoms with Gasteiger partial charge in [0.25, 0.3) is 5.91 Å². The molecule has 0 radical (unpaired) electrons. The average molecular weight is 408 g/mol. The molecule has 0 unspecified atom stereocenters. The van der Waals surface area contributed by atoms with Crippen LogP contribution in [0.5, 0.6) is 0 Å². The molecule has 1 amide bonds. The second-order valence-electron chi connectivity index (χ2n) is 6.18. The van der Waals surface area contributed by atoms with Gasteiger partial charge in [0.2, 0.25) is 0 Å². The minimum Gasteiger partial charge on any atom is -0.480 e. The Bertz CT molecular complexity index is 801. The van der Waals surface area contributed by atoms with E-state index in [0.717, 1.165) is 16.5 Å². The zero-order valence-corrected chi connectivity index (χ0v) is 16.9. The Hall–Kier alpha value is -1.90. The molecule has 2 atom stereocenters. The summed E-state index contributed by atoms with van der Waals surface area (Å²) in [6.07, 6.45) is 2.28. The van der Waals surface area contributed by atoms with Crippen LogP contribution < -0.4 is 16.4 Å². The molecule has 0 aliphatic heterocycles. The first-order chi connectivity index (χ1) is 13.0. The molecule has 0 heterocycles. The van der Waals surface area contributed by atoms with Crippen molar-refractivity contribution in [2.45, 2.75) is 18.5 Å². The van der Waals surface area contributed by atoms with Gasteiger partial charge in [-0.1, -0.05) is 24.3 Å². The highest BCUT2D eigenvalue weighted by Crippen LogP contribution is 2.26. The Balaban J connectivity index is 2.27. The number of thiol groups is 1. The van der Waals surface area contributed by atoms with Crippen molar-refractivity contribution in [3.63, 3.8) is 0 Å². The first-order valence-corrected chi connectivity index (χ1v) is 10.6. The third-order valence-corrected chi connectivity index (χ3v) is 5.28. The molecule has 0 aromatic heterocycles. The maximum atomic E-state index is 12.7. The Morgan fingerprint density at radius 1 is 1.22 bits per heavy atom. The maximum absolute atomic E-state index is 12.7. The summed E-state index contributed by atoms with van der Waals surface area (Å²) >= 11 is 5.73. The average Bonchev–Trinajstić information content (AvgIpc) is 2.68. The van der Waals surface area contributed by atoms with Gasteiger partial charge in [-0.3, -0.25) is 4.79 Å². The lowest BCUT2D eigenvalue weighted by atomic mass is 10.0. The lowest BCUT2D eigenvalue weighted by molar-refractivity contribution is -0.139. The van der Waals surface area contributed by atoms with E-state index < -0.39 is 17.9 Å². The number of aliphatic carboxylic acids is 1. The molecule has 0 saturated carbocycles. The van der Waals surface area contributed by atoms with E-state index in [-0.39, 0.29) is 6.04 Å². The van der Waals surface area contributed by atoms with Gasteiger partial charge < -0.3 is 21.5 Å². The van der Waals surface area contributed by atoms with Gasteiger partial charge in [0.05, 0.1) is 0 Å². The van der Waals surface area contributed by atoms with E-state index in [4.69, 9.17) is 5.73 Å². The van der Waals surface area contributed by atoms with Gasteiger partial charge in [-0.2, -0.15) is 24.4 Å². The minimum absolute atomic E-state index is 0.0807. The number of benzene rings is 2. The fourth-order valence-electron chi connectivity index (χ4n) is 2.70. The third-order valence-electron chi connectivity index (χ3n) is 4.17. The van der Waals surface area contributed by atoms with E-state index >= 15 is 0 Å². The molecule has 0 saturated heterocycles. The molecule has 6 nitrogen and oxygen atoms in total. The number of hydrogen-bond donors (Lipinski definition) is 5. The number of rotatable bonds is 10. The first kappa shape index (κ1) is 21.4. The number of carbonyl (C=O) groups is 2. The molecule has 5 N–H and O–H groups in total. The summed E-state index contributed by atoms with van der Waals surface area (Å²) in [5.41, 5.74) is 7.23. The van der Waals surface area contributed by atoms with E-state index in [1.165, 1.54) is 0 Å². The van der Waals surface area contributed by atoms with Crippen molar-refractivity contribution < 1.29 is 14.7 Å². The largest absolute Gasteiger partial charge is 0.480 e. The highest BCUT2D eigenvalue weighted by atomic mass is 32.2. The molecule has 0 bridgehead atoms. The van der Waals surface area contributed by atoms with Crippen molar-refractivity contribution >= 4 is 52.7 Å². The van der Waals surface area contributed by atoms with Crippen molar-refractivity contribution in [2.75, 3.05) is 29.6 Å². The summed E-state index contributed by atoms with van der Waals surface area (Å²) in [5.74, 6) is -0.191. The molecule has 2 rings (SSSR count). The molecule has 8 heteroatoms. The van der Waals surface area contributed by atoms with Crippen molar-refractivity contribution in [1.29, 1.82) is 0 Å². The van der Waals surface area contributed by atoms with E-state index in [2.05, 4.69) is 23.3 Å². The smallest absolute Gasteiger partial charge is 0.326 e. The summed E-state index contributed by atoms with van der Waals surface area (Å²) in [4.78, 5) is 24.1. The van der Waals surface area contributed by atoms with E-state index in [0.29, 0.717) is 30.0 Å². The predicted octanol–water partition coefficient (Wildman–Crippen LogP) is 2.44. The van der Waals surface area contributed by atoms with Gasteiger partial charge in [0.1, 0.15) is 6.04 Å². The number of fused-ring (bicyclic) bond motifs is 1. The van der Waals surface area contributed by atoms with Crippen LogP contribution in [-0.4, -0.2) is 53.4 Å². The fourth-order valence-corrected chi connectivity index (χ4v) is 3.30. The number of carbonyl (C=O) groups excluding carboxylic acids is 1. The van der Waals surface area contributed by atoms with Crippen LogP contribution in [0.25, 0.3) is 10.8 Å². The summed E-state index contributed by atoms with van der Waals surface area (Å²) < 4.78 is 0. The number of hydrogen-bond acceptors (Lipinski definition) is 6. The quantitative estimate of drug-likeness (QED) is 0.388. The van der Waals surface area contributed by atoms with Crippen LogP contribution in [0.15, 0.2) is 36.4 Å². The Morgan fingerprint density at radius 3 is 2.59 bits per heavy atom. The van der Waals surface area contributed by atoms with Crippen LogP contribution in [0, 0.1) is 0 Å². The van der Waals surface area contributed by atoms with Gasteiger partial charge in [-0.05, 0) is 35.9 Å². The molecular weight excluding hydrogens is 382 g/mol. The molecule has 146 valence electrons. The topological polar surface area (TPSA) is 104 Å². The van der Waals surface area contributed by atoms with Gasteiger partial charge >= 0.3 is 5.97 Å². The van der Waals surface area contributed by atoms with Crippen molar-refractivity contribution in [1.82, 2.24) is 5.32 Å². The SMILES string of the molecule is CSCC[C@H](NC(=O)c1cccc2c(NC[C@@H](N)CS)cccc12)C(=O)O. The molecule has 0 aliphatic carbocycles. The Kier molecular flexibility index (Phi) is 8.27. The number of carboxylic acid groups (broad SMARTS) is 1. The molecule has 0 fully saturated rings. The van der Waals surface area contributed by atoms with E-state index in [1.54, 1.807) is 23.9 Å². The second kappa shape index (κ2) is 10.4. The third kappa shape index (κ3) is 5.79. The van der Waals surface area contributed by atoms with Crippen molar-refractivity contribution in [3.8, 4) is 0 Å². The summed E-state index contributed by atoms with van der Waals surface area (Å²) in [7, 11) is 0. The summed E-state index contributed by atoms with van der Waals surface area (Å²) in [6, 6.07) is 10.1. The number of carboxylic acids is 1. The molecule has 0 spiro atoms. The van der Waals surface area contributed by atoms with Crippen LogP contribution in [0.4, 0.5) is 5.69 Å². The number of thioether (sulfide) groups is 1. The number of nitrogens with one attached hydrogen (secondary N) is 2. The van der Waals surface area contributed by atoms with Gasteiger partial charge in [-0.15, -0.1) is 0 Å². The highest BCUT2D eigenvalue weighted by molar-refractivity contribution is 7.98. The van der Waals surface area contributed by atoms with Crippen molar-refractivity contribution in [2.24, 2.45) is 5.73 Å². The normalized spacial score (nSPS) is 13.1. The van der Waals surface area contributed by atoms with Crippen LogP contribution in [0.2, 0.25) is 0 Å². The molecule has 2 aromatic carbocycles. The van der Waals surface area contributed by atoms with Crippen molar-refractivity contribution in [3.05, 3.63) is 42.0 Å². The van der Waals surface area contributed by atoms with Gasteiger partial charge in [0, 0.05) is 35.0 Å². The molecule has 0 aliphatic rings. The van der Waals surface area contributed by atoms with Crippen LogP contribution in [0.3, 0.4) is 0 Å². The van der Waals surface area contributed by atoms with Crippen LogP contribution >= 0.6 is 24.4 Å². The number of amides is 1. The highest BCUT2D eigenvalue weighted by Gasteiger charge is 2.21. The van der Waals surface area contributed by atoms with E-state index in [1.807, 2.05) is 30.5 Å². The van der Waals surface area contributed by atoms with Crippen LogP contribution in [-0.2, 0) is 4.79 Å². The summed E-state index contributed by atoms with van der Waals surface area (Å²) in [5, 5.41) is 16.9. The molecular formula is C19H25N3O3S2. The minimum atomic E-state index is -1.03. The van der Waals surface area contributed by atoms with Gasteiger partial charge in [-0.25, -0.2) is 4.79 Å². The predicted molar refractivity (Wildman–Crippen MR) is 116 cm³/mol. The monoisotopic (exact) mass is 407 g/mol. The second-order valence-corrected chi connectivity index (χ2v) is 7.53. The first-order valence-electron chi connectivity index (χ1n) is 8.62.